The third kappa shape index (κ3) is 4.64. The molecule has 0 saturated carbocycles. The van der Waals surface area contributed by atoms with Gasteiger partial charge in [-0.1, -0.05) is 6.07 Å². The van der Waals surface area contributed by atoms with E-state index in [0.717, 1.165) is 43.6 Å². The summed E-state index contributed by atoms with van der Waals surface area (Å²) in [7, 11) is 3.22. The zero-order chi connectivity index (χ0) is 22.7. The van der Waals surface area contributed by atoms with Gasteiger partial charge in [0.1, 0.15) is 0 Å². The Morgan fingerprint density at radius 1 is 1.06 bits per heavy atom. The molecule has 6 heteroatoms. The van der Waals surface area contributed by atoms with Crippen LogP contribution in [0.4, 0.5) is 0 Å². The molecule has 168 valence electrons. The van der Waals surface area contributed by atoms with E-state index in [9.17, 15) is 4.79 Å². The number of carbonyl (C=O) groups is 1. The molecular weight excluding hydrogens is 402 g/mol. The van der Waals surface area contributed by atoms with Gasteiger partial charge in [0.2, 0.25) is 5.91 Å². The summed E-state index contributed by atoms with van der Waals surface area (Å²) in [6.45, 7) is 6.78. The summed E-state index contributed by atoms with van der Waals surface area (Å²) >= 11 is 0. The number of aryl methyl sites for hydroxylation is 2. The zero-order valence-corrected chi connectivity index (χ0v) is 19.3. The molecule has 0 radical (unpaired) electrons. The number of aromatic nitrogens is 2. The lowest BCUT2D eigenvalue weighted by Gasteiger charge is -2.31. The summed E-state index contributed by atoms with van der Waals surface area (Å²) in [5.41, 5.74) is 5.73. The van der Waals surface area contributed by atoms with Crippen LogP contribution in [-0.2, 0) is 11.3 Å². The van der Waals surface area contributed by atoms with Gasteiger partial charge in [0, 0.05) is 25.7 Å². The first-order chi connectivity index (χ1) is 15.5. The van der Waals surface area contributed by atoms with Crippen molar-refractivity contribution in [2.75, 3.05) is 27.3 Å². The van der Waals surface area contributed by atoms with Crippen LogP contribution < -0.4 is 9.47 Å². The topological polar surface area (TPSA) is 56.6 Å². The van der Waals surface area contributed by atoms with E-state index in [1.165, 1.54) is 16.6 Å². The molecule has 0 unspecified atom stereocenters. The average molecular weight is 434 g/mol. The largest absolute Gasteiger partial charge is 0.493 e. The first-order valence-electron chi connectivity index (χ1n) is 11.1. The van der Waals surface area contributed by atoms with Gasteiger partial charge >= 0.3 is 0 Å². The summed E-state index contributed by atoms with van der Waals surface area (Å²) in [5.74, 6) is 1.93. The van der Waals surface area contributed by atoms with Gasteiger partial charge in [-0.25, -0.2) is 4.98 Å². The normalized spacial score (nSPS) is 14.9. The van der Waals surface area contributed by atoms with Crippen molar-refractivity contribution < 1.29 is 14.3 Å². The van der Waals surface area contributed by atoms with Gasteiger partial charge in [0.25, 0.3) is 0 Å². The molecule has 1 aliphatic heterocycles. The number of likely N-dealkylation sites (tertiary alicyclic amines) is 1. The predicted octanol–water partition coefficient (Wildman–Crippen LogP) is 4.62. The molecular formula is C26H31N3O3. The molecule has 0 bridgehead atoms. The van der Waals surface area contributed by atoms with Crippen molar-refractivity contribution in [3.05, 3.63) is 59.4 Å². The van der Waals surface area contributed by atoms with Gasteiger partial charge in [0.05, 0.1) is 31.6 Å². The highest BCUT2D eigenvalue weighted by Crippen LogP contribution is 2.28. The molecule has 0 aliphatic carbocycles. The molecule has 1 amide bonds. The number of fused-ring (bicyclic) bond motifs is 1. The first kappa shape index (κ1) is 21.9. The highest BCUT2D eigenvalue weighted by atomic mass is 16.5. The van der Waals surface area contributed by atoms with Crippen molar-refractivity contribution in [2.24, 2.45) is 5.92 Å². The lowest BCUT2D eigenvalue weighted by molar-refractivity contribution is -0.127. The fraction of sp³-hybridized carbons (Fsp3) is 0.385. The Morgan fingerprint density at radius 3 is 2.50 bits per heavy atom. The van der Waals surface area contributed by atoms with E-state index in [2.05, 4.69) is 35.5 Å². The molecule has 3 aromatic rings. The average Bonchev–Trinajstić information content (AvgIpc) is 3.19. The highest BCUT2D eigenvalue weighted by molar-refractivity contribution is 5.92. The van der Waals surface area contributed by atoms with Gasteiger partial charge < -0.3 is 18.9 Å². The Bertz CT molecular complexity index is 1140. The van der Waals surface area contributed by atoms with E-state index < -0.39 is 0 Å². The van der Waals surface area contributed by atoms with Gasteiger partial charge in [0.15, 0.2) is 11.5 Å². The molecule has 1 fully saturated rings. The second-order valence-electron chi connectivity index (χ2n) is 8.54. The van der Waals surface area contributed by atoms with Crippen LogP contribution in [0.25, 0.3) is 17.1 Å². The summed E-state index contributed by atoms with van der Waals surface area (Å²) in [4.78, 5) is 19.2. The minimum atomic E-state index is 0.0532. The van der Waals surface area contributed by atoms with Crippen LogP contribution >= 0.6 is 0 Å². The van der Waals surface area contributed by atoms with E-state index in [1.54, 1.807) is 20.3 Å². The van der Waals surface area contributed by atoms with Crippen LogP contribution in [0, 0.1) is 19.8 Å². The Labute approximate surface area is 189 Å². The number of methoxy groups -OCH3 is 2. The van der Waals surface area contributed by atoms with Crippen molar-refractivity contribution >= 4 is 23.0 Å². The van der Waals surface area contributed by atoms with E-state index in [1.807, 2.05) is 35.5 Å². The third-order valence-corrected chi connectivity index (χ3v) is 6.44. The fourth-order valence-electron chi connectivity index (χ4n) is 4.30. The fourth-order valence-corrected chi connectivity index (χ4v) is 4.30. The maximum Gasteiger partial charge on any atom is 0.246 e. The summed E-state index contributed by atoms with van der Waals surface area (Å²) in [6, 6.07) is 10.0. The molecule has 1 aliphatic rings. The smallest absolute Gasteiger partial charge is 0.246 e. The highest BCUT2D eigenvalue weighted by Gasteiger charge is 2.22. The number of ether oxygens (including phenoxy) is 2. The van der Waals surface area contributed by atoms with Crippen LogP contribution in [0.15, 0.2) is 42.7 Å². The molecule has 1 saturated heterocycles. The predicted molar refractivity (Wildman–Crippen MR) is 127 cm³/mol. The van der Waals surface area contributed by atoms with Crippen molar-refractivity contribution in [3.63, 3.8) is 0 Å². The van der Waals surface area contributed by atoms with Gasteiger partial charge in [-0.3, -0.25) is 4.79 Å². The molecule has 1 aromatic heterocycles. The Kier molecular flexibility index (Phi) is 6.49. The number of rotatable bonds is 6. The number of nitrogens with zero attached hydrogens (tertiary/aromatic N) is 3. The number of imidazole rings is 1. The molecule has 32 heavy (non-hydrogen) atoms. The standard InChI is InChI=1S/C26H31N3O3/c1-18-13-22-23(14-19(18)2)29(17-27-22)16-21-9-11-28(12-10-21)26(30)8-6-20-5-7-24(31-3)25(15-20)32-4/h5-8,13-15,17,21H,9-12,16H2,1-4H3/b8-6+. The lowest BCUT2D eigenvalue weighted by atomic mass is 9.96. The number of carbonyl (C=O) groups excluding carboxylic acids is 1. The third-order valence-electron chi connectivity index (χ3n) is 6.44. The van der Waals surface area contributed by atoms with Crippen LogP contribution in [0.3, 0.4) is 0 Å². The van der Waals surface area contributed by atoms with E-state index >= 15 is 0 Å². The monoisotopic (exact) mass is 433 g/mol. The second-order valence-corrected chi connectivity index (χ2v) is 8.54. The van der Waals surface area contributed by atoms with Gasteiger partial charge in [-0.2, -0.15) is 0 Å². The Balaban J connectivity index is 1.34. The van der Waals surface area contributed by atoms with Crippen LogP contribution in [0.2, 0.25) is 0 Å². The minimum Gasteiger partial charge on any atom is -0.493 e. The van der Waals surface area contributed by atoms with E-state index in [0.29, 0.717) is 17.4 Å². The zero-order valence-electron chi connectivity index (χ0n) is 19.3. The molecule has 0 atom stereocenters. The minimum absolute atomic E-state index is 0.0532. The quantitative estimate of drug-likeness (QED) is 0.532. The van der Waals surface area contributed by atoms with Crippen LogP contribution in [-0.4, -0.2) is 47.7 Å². The maximum absolute atomic E-state index is 12.7. The van der Waals surface area contributed by atoms with Crippen molar-refractivity contribution in [1.82, 2.24) is 14.5 Å². The SMILES string of the molecule is COc1ccc(/C=C/C(=O)N2CCC(Cn3cnc4cc(C)c(C)cc43)CC2)cc1OC. The maximum atomic E-state index is 12.7. The molecule has 0 spiro atoms. The number of hydrogen-bond acceptors (Lipinski definition) is 4. The van der Waals surface area contributed by atoms with Gasteiger partial charge in [-0.15, -0.1) is 0 Å². The second kappa shape index (κ2) is 9.47. The Morgan fingerprint density at radius 2 is 1.78 bits per heavy atom. The van der Waals surface area contributed by atoms with E-state index in [4.69, 9.17) is 9.47 Å². The number of piperidine rings is 1. The first-order valence-corrected chi connectivity index (χ1v) is 11.1. The Hall–Kier alpha value is -3.28. The number of benzene rings is 2. The lowest BCUT2D eigenvalue weighted by Crippen LogP contribution is -2.38. The molecule has 2 heterocycles. The van der Waals surface area contributed by atoms with Crippen LogP contribution in [0.5, 0.6) is 11.5 Å². The summed E-state index contributed by atoms with van der Waals surface area (Å²) in [6.07, 6.45) is 7.43. The van der Waals surface area contributed by atoms with Crippen molar-refractivity contribution in [1.29, 1.82) is 0 Å². The van der Waals surface area contributed by atoms with Crippen LogP contribution in [0.1, 0.15) is 29.5 Å². The van der Waals surface area contributed by atoms with Crippen molar-refractivity contribution in [3.8, 4) is 11.5 Å². The summed E-state index contributed by atoms with van der Waals surface area (Å²) < 4.78 is 12.9. The molecule has 4 rings (SSSR count). The van der Waals surface area contributed by atoms with Gasteiger partial charge in [-0.05, 0) is 79.6 Å². The molecule has 0 N–H and O–H groups in total. The number of amides is 1. The van der Waals surface area contributed by atoms with E-state index in [-0.39, 0.29) is 5.91 Å². The molecule has 6 nitrogen and oxygen atoms in total. The van der Waals surface area contributed by atoms with Crippen molar-refractivity contribution in [2.45, 2.75) is 33.2 Å². The summed E-state index contributed by atoms with van der Waals surface area (Å²) in [5, 5.41) is 0. The molecule has 2 aromatic carbocycles. The number of hydrogen-bond donors (Lipinski definition) is 0.